The summed E-state index contributed by atoms with van der Waals surface area (Å²) in [6.07, 6.45) is 8.24. The lowest BCUT2D eigenvalue weighted by atomic mass is 9.89. The molecule has 2 unspecified atom stereocenters. The van der Waals surface area contributed by atoms with Crippen LogP contribution in [0.1, 0.15) is 19.8 Å². The lowest BCUT2D eigenvalue weighted by Gasteiger charge is -2.25. The van der Waals surface area contributed by atoms with Crippen LogP contribution < -0.4 is 0 Å². The lowest BCUT2D eigenvalue weighted by molar-refractivity contribution is 0.470. The number of hydrogen-bond acceptors (Lipinski definition) is 2. The van der Waals surface area contributed by atoms with Crippen LogP contribution in [0.5, 0.6) is 0 Å². The van der Waals surface area contributed by atoms with Crippen LogP contribution in [0.4, 0.5) is 0 Å². The van der Waals surface area contributed by atoms with Crippen LogP contribution in [0.15, 0.2) is 21.8 Å². The Morgan fingerprint density at radius 1 is 1.55 bits per heavy atom. The summed E-state index contributed by atoms with van der Waals surface area (Å²) in [6.45, 7) is 2.16. The van der Waals surface area contributed by atoms with Crippen molar-refractivity contribution in [2.45, 2.75) is 25.8 Å². The van der Waals surface area contributed by atoms with Crippen LogP contribution in [0.3, 0.4) is 0 Å². The van der Waals surface area contributed by atoms with Gasteiger partial charge in [0.15, 0.2) is 0 Å². The summed E-state index contributed by atoms with van der Waals surface area (Å²) < 4.78 is 0. The van der Waals surface area contributed by atoms with Gasteiger partial charge in [0.05, 0.1) is 6.04 Å². The Bertz CT molecular complexity index is 238. The van der Waals surface area contributed by atoms with Crippen LogP contribution in [0, 0.1) is 5.92 Å². The van der Waals surface area contributed by atoms with Crippen molar-refractivity contribution in [1.29, 1.82) is 0 Å². The third-order valence-corrected chi connectivity index (χ3v) is 2.38. The summed E-state index contributed by atoms with van der Waals surface area (Å²) in [4.78, 5) is 8.69. The van der Waals surface area contributed by atoms with Gasteiger partial charge in [0.2, 0.25) is 0 Å². The van der Waals surface area contributed by atoms with Gasteiger partial charge in [-0.1, -0.05) is 0 Å². The van der Waals surface area contributed by atoms with Crippen molar-refractivity contribution >= 4 is 12.4 Å². The first kappa shape index (κ1) is 6.77. The molecule has 2 atom stereocenters. The van der Waals surface area contributed by atoms with Crippen LogP contribution in [0.2, 0.25) is 0 Å². The van der Waals surface area contributed by atoms with Gasteiger partial charge >= 0.3 is 0 Å². The molecule has 0 aliphatic carbocycles. The maximum Gasteiger partial charge on any atom is 0.0555 e. The molecule has 0 aromatic carbocycles. The maximum absolute atomic E-state index is 4.35. The smallest absolute Gasteiger partial charge is 0.0555 e. The van der Waals surface area contributed by atoms with Gasteiger partial charge in [-0.25, -0.2) is 0 Å². The van der Waals surface area contributed by atoms with E-state index >= 15 is 0 Å². The van der Waals surface area contributed by atoms with E-state index in [4.69, 9.17) is 0 Å². The van der Waals surface area contributed by atoms with Crippen LogP contribution >= 0.6 is 0 Å². The topological polar surface area (TPSA) is 24.7 Å². The zero-order valence-corrected chi connectivity index (χ0v) is 6.70. The van der Waals surface area contributed by atoms with Gasteiger partial charge in [-0.3, -0.25) is 9.98 Å². The van der Waals surface area contributed by atoms with Gasteiger partial charge in [-0.2, -0.15) is 0 Å². The first-order valence-corrected chi connectivity index (χ1v) is 4.14. The highest BCUT2D eigenvalue weighted by Crippen LogP contribution is 2.28. The number of nitrogens with zero attached hydrogens (tertiary/aromatic N) is 2. The molecule has 0 radical (unpaired) electrons. The van der Waals surface area contributed by atoms with E-state index in [0.717, 1.165) is 6.42 Å². The maximum atomic E-state index is 4.35. The molecular formula is C9H12N2. The molecule has 2 heteroatoms. The van der Waals surface area contributed by atoms with E-state index in [9.17, 15) is 0 Å². The van der Waals surface area contributed by atoms with Crippen molar-refractivity contribution in [3.05, 3.63) is 11.8 Å². The summed E-state index contributed by atoms with van der Waals surface area (Å²) >= 11 is 0. The quantitative estimate of drug-likeness (QED) is 0.500. The molecule has 0 spiro atoms. The second-order valence-corrected chi connectivity index (χ2v) is 3.13. The summed E-state index contributed by atoms with van der Waals surface area (Å²) in [5.74, 6) is 0.588. The standard InChI is InChI=1S/C9H12N2/c1-7-8-3-2-5-11-9(8)4-6-10-7/h4-8H,2-3H2,1H3. The normalized spacial score (nSPS) is 34.8. The first-order chi connectivity index (χ1) is 5.38. The summed E-state index contributed by atoms with van der Waals surface area (Å²) in [6, 6.07) is 0.437. The van der Waals surface area contributed by atoms with Crippen LogP contribution in [-0.2, 0) is 0 Å². The third-order valence-electron chi connectivity index (χ3n) is 2.38. The van der Waals surface area contributed by atoms with Gasteiger partial charge in [-0.05, 0) is 25.8 Å². The average molecular weight is 148 g/mol. The Kier molecular flexibility index (Phi) is 1.60. The number of hydrogen-bond donors (Lipinski definition) is 0. The van der Waals surface area contributed by atoms with Crippen molar-refractivity contribution < 1.29 is 0 Å². The minimum absolute atomic E-state index is 0.437. The van der Waals surface area contributed by atoms with Crippen LogP contribution in [-0.4, -0.2) is 18.5 Å². The van der Waals surface area contributed by atoms with E-state index in [2.05, 4.69) is 16.9 Å². The van der Waals surface area contributed by atoms with Crippen molar-refractivity contribution in [2.24, 2.45) is 15.9 Å². The fourth-order valence-electron chi connectivity index (χ4n) is 1.68. The number of aliphatic imine (C=N–C) groups is 2. The van der Waals surface area contributed by atoms with Gasteiger partial charge in [0, 0.05) is 24.0 Å². The second kappa shape index (κ2) is 2.61. The fourth-order valence-corrected chi connectivity index (χ4v) is 1.68. The Labute approximate surface area is 66.7 Å². The number of allylic oxidation sites excluding steroid dienone is 1. The Balaban J connectivity index is 2.29. The van der Waals surface area contributed by atoms with Gasteiger partial charge < -0.3 is 0 Å². The van der Waals surface area contributed by atoms with Gasteiger partial charge in [0.1, 0.15) is 0 Å². The molecule has 2 aliphatic heterocycles. The molecule has 2 rings (SSSR count). The molecule has 0 amide bonds. The number of dihydropyridines is 1. The van der Waals surface area contributed by atoms with Crippen LogP contribution in [0.25, 0.3) is 0 Å². The largest absolute Gasteiger partial charge is 0.289 e. The number of rotatable bonds is 0. The molecule has 0 saturated heterocycles. The highest BCUT2D eigenvalue weighted by atomic mass is 14.9. The molecule has 0 saturated carbocycles. The number of fused-ring (bicyclic) bond motifs is 1. The predicted molar refractivity (Wildman–Crippen MR) is 47.3 cm³/mol. The summed E-state index contributed by atoms with van der Waals surface area (Å²) in [7, 11) is 0. The molecular weight excluding hydrogens is 136 g/mol. The van der Waals surface area contributed by atoms with Crippen molar-refractivity contribution in [1.82, 2.24) is 0 Å². The van der Waals surface area contributed by atoms with Crippen molar-refractivity contribution in [3.8, 4) is 0 Å². The Morgan fingerprint density at radius 2 is 2.45 bits per heavy atom. The molecule has 58 valence electrons. The molecule has 2 nitrogen and oxygen atoms in total. The van der Waals surface area contributed by atoms with Crippen molar-refractivity contribution in [2.75, 3.05) is 0 Å². The highest BCUT2D eigenvalue weighted by Gasteiger charge is 2.23. The Hall–Kier alpha value is -0.920. The monoisotopic (exact) mass is 148 g/mol. The molecule has 0 fully saturated rings. The highest BCUT2D eigenvalue weighted by molar-refractivity contribution is 5.75. The Morgan fingerprint density at radius 3 is 3.27 bits per heavy atom. The van der Waals surface area contributed by atoms with E-state index < -0.39 is 0 Å². The summed E-state index contributed by atoms with van der Waals surface area (Å²) in [5, 5.41) is 0. The minimum atomic E-state index is 0.437. The van der Waals surface area contributed by atoms with E-state index in [-0.39, 0.29) is 0 Å². The third kappa shape index (κ3) is 1.13. The van der Waals surface area contributed by atoms with Gasteiger partial charge in [0.25, 0.3) is 0 Å². The zero-order chi connectivity index (χ0) is 7.68. The molecule has 0 aromatic heterocycles. The molecule has 2 aliphatic rings. The lowest BCUT2D eigenvalue weighted by Crippen LogP contribution is -2.22. The molecule has 2 heterocycles. The fraction of sp³-hybridized carbons (Fsp3) is 0.556. The average Bonchev–Trinajstić information content (AvgIpc) is 2.06. The zero-order valence-electron chi connectivity index (χ0n) is 6.70. The van der Waals surface area contributed by atoms with E-state index in [1.165, 1.54) is 12.1 Å². The van der Waals surface area contributed by atoms with Gasteiger partial charge in [-0.15, -0.1) is 0 Å². The minimum Gasteiger partial charge on any atom is -0.289 e. The van der Waals surface area contributed by atoms with Crippen molar-refractivity contribution in [3.63, 3.8) is 0 Å². The first-order valence-electron chi connectivity index (χ1n) is 4.14. The predicted octanol–water partition coefficient (Wildman–Crippen LogP) is 1.82. The molecule has 11 heavy (non-hydrogen) atoms. The van der Waals surface area contributed by atoms with E-state index in [1.54, 1.807) is 0 Å². The van der Waals surface area contributed by atoms with E-state index in [1.807, 2.05) is 18.5 Å². The molecule has 0 N–H and O–H groups in total. The SMILES string of the molecule is CC1N=CC=C2N=CCCC21. The molecule has 0 bridgehead atoms. The van der Waals surface area contributed by atoms with E-state index in [0.29, 0.717) is 12.0 Å². The summed E-state index contributed by atoms with van der Waals surface area (Å²) in [5.41, 5.74) is 1.22. The second-order valence-electron chi connectivity index (χ2n) is 3.13. The molecule has 0 aromatic rings.